The molecule has 2 aromatic heterocycles. The predicted octanol–water partition coefficient (Wildman–Crippen LogP) is 2.83. The summed E-state index contributed by atoms with van der Waals surface area (Å²) in [6.07, 6.45) is 11.2. The molecule has 0 atom stereocenters. The van der Waals surface area contributed by atoms with Crippen LogP contribution in [0.2, 0.25) is 0 Å². The Morgan fingerprint density at radius 2 is 1.63 bits per heavy atom. The Bertz CT molecular complexity index is 812. The zero-order valence-electron chi connectivity index (χ0n) is 16.5. The van der Waals surface area contributed by atoms with Crippen LogP contribution in [0.4, 0.5) is 5.95 Å². The van der Waals surface area contributed by atoms with Crippen molar-refractivity contribution in [2.24, 2.45) is 0 Å². The molecule has 0 amide bonds. The first-order valence-corrected chi connectivity index (χ1v) is 10.1. The maximum absolute atomic E-state index is 12.4. The van der Waals surface area contributed by atoms with Crippen LogP contribution in [0.3, 0.4) is 0 Å². The number of nitrogens with zero attached hydrogens (tertiary/aromatic N) is 4. The van der Waals surface area contributed by atoms with Crippen molar-refractivity contribution in [2.45, 2.75) is 84.5 Å². The molecule has 2 N–H and O–H groups in total. The number of carbonyl (C=O) groups is 2. The summed E-state index contributed by atoms with van der Waals surface area (Å²) < 4.78 is 1.56. The molecule has 148 valence electrons. The van der Waals surface area contributed by atoms with Crippen LogP contribution in [0.1, 0.15) is 83.7 Å². The summed E-state index contributed by atoms with van der Waals surface area (Å²) in [7, 11) is 0. The lowest BCUT2D eigenvalue weighted by molar-refractivity contribution is -0.118. The van der Waals surface area contributed by atoms with E-state index in [0.717, 1.165) is 51.4 Å². The van der Waals surface area contributed by atoms with Crippen LogP contribution < -0.4 is 11.1 Å². The molecule has 0 bridgehead atoms. The van der Waals surface area contributed by atoms with E-state index in [1.165, 1.54) is 0 Å². The highest BCUT2D eigenvalue weighted by Crippen LogP contribution is 2.08. The van der Waals surface area contributed by atoms with Crippen LogP contribution in [0, 0.1) is 0 Å². The highest BCUT2D eigenvalue weighted by atomic mass is 16.1. The fraction of sp³-hybridized carbons (Fsp3) is 0.650. The van der Waals surface area contributed by atoms with Gasteiger partial charge in [-0.1, -0.05) is 52.4 Å². The number of imidazole rings is 1. The predicted molar refractivity (Wildman–Crippen MR) is 106 cm³/mol. The summed E-state index contributed by atoms with van der Waals surface area (Å²) in [5.74, 6) is 0.670. The molecular formula is C20H31N5O2. The Kier molecular flexibility index (Phi) is 8.36. The standard InChI is InChI=1S/C20H31N5O2/c1-3-5-7-9-11-15(26)13-17-18(14-16(27)12-10-8-6-4-2)25-19(21)23-24-20(25)22-17/h14H,3-13H2,1-2H3,(H2,21,23). The highest BCUT2D eigenvalue weighted by molar-refractivity contribution is 6.05. The zero-order chi connectivity index (χ0) is 19.6. The number of carbonyl (C=O) groups excluding carboxylic acids is 2. The molecule has 7 heteroatoms. The van der Waals surface area contributed by atoms with Crippen LogP contribution in [0.5, 0.6) is 0 Å². The monoisotopic (exact) mass is 373 g/mol. The second-order valence-electron chi connectivity index (χ2n) is 7.08. The maximum Gasteiger partial charge on any atom is 0.257 e. The summed E-state index contributed by atoms with van der Waals surface area (Å²) in [5, 5.41) is 8.28. The lowest BCUT2D eigenvalue weighted by Gasteiger charge is -2.00. The lowest BCUT2D eigenvalue weighted by atomic mass is 10.1. The Morgan fingerprint density at radius 3 is 2.30 bits per heavy atom. The van der Waals surface area contributed by atoms with E-state index < -0.39 is 0 Å². The summed E-state index contributed by atoms with van der Waals surface area (Å²) in [6, 6.07) is 0. The van der Waals surface area contributed by atoms with Gasteiger partial charge in [0.15, 0.2) is 5.78 Å². The Hall–Kier alpha value is -2.31. The molecule has 0 spiro atoms. The van der Waals surface area contributed by atoms with Crippen LogP contribution >= 0.6 is 0 Å². The van der Waals surface area contributed by atoms with Gasteiger partial charge in [0, 0.05) is 18.9 Å². The molecule has 0 saturated heterocycles. The quantitative estimate of drug-likeness (QED) is 0.542. The first kappa shape index (κ1) is 21.0. The molecule has 0 aliphatic rings. The van der Waals surface area contributed by atoms with E-state index in [1.54, 1.807) is 10.5 Å². The molecule has 0 saturated carbocycles. The largest absolute Gasteiger partial charge is 0.368 e. The number of ketones is 2. The molecule has 0 radical (unpaired) electrons. The van der Waals surface area contributed by atoms with Gasteiger partial charge in [0.2, 0.25) is 5.95 Å². The third-order valence-corrected chi connectivity index (χ3v) is 4.69. The molecule has 0 aromatic carbocycles. The minimum Gasteiger partial charge on any atom is -0.368 e. The second kappa shape index (κ2) is 10.7. The van der Waals surface area contributed by atoms with Gasteiger partial charge in [0.05, 0.1) is 17.5 Å². The van der Waals surface area contributed by atoms with Crippen molar-refractivity contribution in [3.8, 4) is 0 Å². The average Bonchev–Trinajstić information content (AvgIpc) is 3.16. The Labute approximate surface area is 160 Å². The van der Waals surface area contributed by atoms with Gasteiger partial charge in [-0.15, -0.1) is 10.2 Å². The van der Waals surface area contributed by atoms with Crippen molar-refractivity contribution < 1.29 is 9.59 Å². The zero-order valence-corrected chi connectivity index (χ0v) is 16.5. The number of fused-ring (bicyclic) bond motifs is 1. The average molecular weight is 374 g/mol. The maximum atomic E-state index is 12.4. The van der Waals surface area contributed by atoms with Gasteiger partial charge in [-0.3, -0.25) is 9.59 Å². The normalized spacial score (nSPS) is 12.1. The van der Waals surface area contributed by atoms with Gasteiger partial charge in [-0.2, -0.15) is 0 Å². The summed E-state index contributed by atoms with van der Waals surface area (Å²) in [6.45, 7) is 4.28. The lowest BCUT2D eigenvalue weighted by Crippen LogP contribution is -2.20. The number of nitrogens with two attached hydrogens (primary N) is 1. The van der Waals surface area contributed by atoms with Crippen LogP contribution in [-0.2, 0) is 16.0 Å². The Balaban J connectivity index is 2.14. The first-order chi connectivity index (χ1) is 13.1. The summed E-state index contributed by atoms with van der Waals surface area (Å²) in [5.41, 5.74) is 6.45. The van der Waals surface area contributed by atoms with E-state index in [1.807, 2.05) is 0 Å². The Morgan fingerprint density at radius 1 is 0.963 bits per heavy atom. The van der Waals surface area contributed by atoms with Gasteiger partial charge in [0.1, 0.15) is 5.78 Å². The van der Waals surface area contributed by atoms with E-state index >= 15 is 0 Å². The molecular weight excluding hydrogens is 342 g/mol. The van der Waals surface area contributed by atoms with Crippen molar-refractivity contribution in [3.05, 3.63) is 11.0 Å². The van der Waals surface area contributed by atoms with Crippen molar-refractivity contribution in [3.63, 3.8) is 0 Å². The van der Waals surface area contributed by atoms with E-state index in [9.17, 15) is 9.59 Å². The topological polar surface area (TPSA) is 103 Å². The van der Waals surface area contributed by atoms with E-state index in [0.29, 0.717) is 29.7 Å². The number of Topliss-reactive ketones (excluding diaryl/α,β-unsaturated/α-hetero) is 2. The minimum atomic E-state index is 0.0187. The second-order valence-corrected chi connectivity index (χ2v) is 7.08. The molecule has 2 rings (SSSR count). The van der Waals surface area contributed by atoms with Gasteiger partial charge in [-0.25, -0.2) is 9.38 Å². The molecule has 0 fully saturated rings. The van der Waals surface area contributed by atoms with Gasteiger partial charge < -0.3 is 5.73 Å². The minimum absolute atomic E-state index is 0.0187. The number of hydrogen-bond acceptors (Lipinski definition) is 6. The number of nitrogen functional groups attached to an aromatic ring is 1. The molecule has 7 nitrogen and oxygen atoms in total. The smallest absolute Gasteiger partial charge is 0.257 e. The number of hydrogen-bond donors (Lipinski definition) is 1. The molecule has 2 aromatic rings. The number of rotatable bonds is 13. The van der Waals surface area contributed by atoms with Gasteiger partial charge >= 0.3 is 0 Å². The van der Waals surface area contributed by atoms with Crippen LogP contribution in [0.15, 0.2) is 0 Å². The molecule has 0 aliphatic heterocycles. The molecule has 0 aliphatic carbocycles. The van der Waals surface area contributed by atoms with Crippen molar-refractivity contribution >= 4 is 29.4 Å². The SMILES string of the molecule is CCCCCCC(=O)C=c1c(CC(=O)CCCCCC)nc2nnc(N)n12. The van der Waals surface area contributed by atoms with E-state index in [-0.39, 0.29) is 23.9 Å². The number of aromatic nitrogens is 4. The van der Waals surface area contributed by atoms with Crippen molar-refractivity contribution in [1.82, 2.24) is 19.6 Å². The molecule has 2 heterocycles. The van der Waals surface area contributed by atoms with E-state index in [4.69, 9.17) is 5.73 Å². The number of unbranched alkanes of at least 4 members (excludes halogenated alkanes) is 6. The fourth-order valence-electron chi connectivity index (χ4n) is 3.15. The van der Waals surface area contributed by atoms with Crippen LogP contribution in [0.25, 0.3) is 11.9 Å². The third kappa shape index (κ3) is 6.12. The van der Waals surface area contributed by atoms with Gasteiger partial charge in [-0.05, 0) is 12.8 Å². The van der Waals surface area contributed by atoms with E-state index in [2.05, 4.69) is 29.0 Å². The molecule has 0 unspecified atom stereocenters. The summed E-state index contributed by atoms with van der Waals surface area (Å²) in [4.78, 5) is 29.1. The van der Waals surface area contributed by atoms with Crippen molar-refractivity contribution in [1.29, 1.82) is 0 Å². The highest BCUT2D eigenvalue weighted by Gasteiger charge is 2.16. The van der Waals surface area contributed by atoms with Crippen molar-refractivity contribution in [2.75, 3.05) is 5.73 Å². The third-order valence-electron chi connectivity index (χ3n) is 4.69. The fourth-order valence-corrected chi connectivity index (χ4v) is 3.15. The van der Waals surface area contributed by atoms with Crippen LogP contribution in [-0.4, -0.2) is 31.1 Å². The number of anilines is 1. The first-order valence-electron chi connectivity index (χ1n) is 10.1. The molecule has 27 heavy (non-hydrogen) atoms. The van der Waals surface area contributed by atoms with Gasteiger partial charge in [0.25, 0.3) is 5.78 Å². The summed E-state index contributed by atoms with van der Waals surface area (Å²) >= 11 is 0.